The molecule has 2 aliphatic carbocycles. The predicted octanol–water partition coefficient (Wildman–Crippen LogP) is 3.41. The Balaban J connectivity index is 1.21. The Morgan fingerprint density at radius 1 is 1.13 bits per heavy atom. The molecule has 52 heavy (non-hydrogen) atoms. The van der Waals surface area contributed by atoms with Crippen LogP contribution >= 0.6 is 0 Å². The summed E-state index contributed by atoms with van der Waals surface area (Å²) >= 11 is 0. The van der Waals surface area contributed by atoms with E-state index in [1.807, 2.05) is 44.2 Å². The second-order valence-electron chi connectivity index (χ2n) is 14.6. The minimum Gasteiger partial charge on any atom is -0.496 e. The minimum atomic E-state index is -3.85. The van der Waals surface area contributed by atoms with Crippen molar-refractivity contribution in [2.24, 2.45) is 10.9 Å². The van der Waals surface area contributed by atoms with Crippen LogP contribution in [0.4, 0.5) is 0 Å². The van der Waals surface area contributed by atoms with E-state index < -0.39 is 50.9 Å². The third-order valence-electron chi connectivity index (χ3n) is 10.8. The number of hydrogen-bond acceptors (Lipinski definition) is 11. The van der Waals surface area contributed by atoms with Crippen molar-refractivity contribution in [3.8, 4) is 11.5 Å². The number of allylic oxidation sites excluding steroid dienone is 1. The molecule has 0 radical (unpaired) electrons. The van der Waals surface area contributed by atoms with E-state index in [-0.39, 0.29) is 43.4 Å². The van der Waals surface area contributed by atoms with E-state index in [1.54, 1.807) is 21.0 Å². The van der Waals surface area contributed by atoms with Gasteiger partial charge in [0.1, 0.15) is 47.4 Å². The highest BCUT2D eigenvalue weighted by molar-refractivity contribution is 7.91. The van der Waals surface area contributed by atoms with Gasteiger partial charge in [-0.15, -0.1) is 0 Å². The maximum Gasteiger partial charge on any atom is 0.259 e. The SMILES string of the molecule is COc1ccc2c(O[C@@H]3C[C@H]4C(=O)N[C@]5(C(=O)NS(=O)(=O)C6CC6)C[C@H]5/C=C\CCCCO[C@H](C)C(=O)N4C3)cc(C3N=C(C)OC3C)nc2c1C. The average molecular weight is 738 g/mol. The molecule has 2 N–H and O–H groups in total. The summed E-state index contributed by atoms with van der Waals surface area (Å²) < 4.78 is 51.9. The quantitative estimate of drug-likeness (QED) is 0.401. The molecular weight excluding hydrogens is 690 g/mol. The smallest absolute Gasteiger partial charge is 0.259 e. The molecule has 2 aromatic rings. The summed E-state index contributed by atoms with van der Waals surface area (Å²) in [4.78, 5) is 53.0. The first-order chi connectivity index (χ1) is 24.8. The predicted molar refractivity (Wildman–Crippen MR) is 191 cm³/mol. The molecule has 15 heteroatoms. The molecule has 0 bridgehead atoms. The van der Waals surface area contributed by atoms with Gasteiger partial charge in [0.25, 0.3) is 11.8 Å². The maximum absolute atomic E-state index is 14.3. The molecule has 1 aromatic heterocycles. The number of aromatic nitrogens is 1. The summed E-state index contributed by atoms with van der Waals surface area (Å²) in [5, 5.41) is 3.03. The molecule has 4 heterocycles. The zero-order valence-corrected chi connectivity index (χ0v) is 31.0. The van der Waals surface area contributed by atoms with Crippen molar-refractivity contribution >= 4 is 44.5 Å². The number of carbonyl (C=O) groups is 3. The van der Waals surface area contributed by atoms with E-state index in [0.717, 1.165) is 30.2 Å². The molecule has 7 atom stereocenters. The van der Waals surface area contributed by atoms with Gasteiger partial charge in [-0.2, -0.15) is 0 Å². The van der Waals surface area contributed by atoms with Gasteiger partial charge >= 0.3 is 0 Å². The van der Waals surface area contributed by atoms with E-state index in [4.69, 9.17) is 23.9 Å². The molecular formula is C37H47N5O9S. The summed E-state index contributed by atoms with van der Waals surface area (Å²) in [7, 11) is -2.26. The van der Waals surface area contributed by atoms with Crippen molar-refractivity contribution in [2.75, 3.05) is 20.3 Å². The number of methoxy groups -OCH3 is 1. The molecule has 14 nitrogen and oxygen atoms in total. The highest BCUT2D eigenvalue weighted by Crippen LogP contribution is 2.46. The fourth-order valence-corrected chi connectivity index (χ4v) is 8.91. The van der Waals surface area contributed by atoms with Crippen molar-refractivity contribution in [2.45, 2.75) is 114 Å². The van der Waals surface area contributed by atoms with E-state index in [9.17, 15) is 22.8 Å². The van der Waals surface area contributed by atoms with Crippen LogP contribution in [0.15, 0.2) is 35.3 Å². The molecule has 5 aliphatic rings. The topological polar surface area (TPSA) is 175 Å². The van der Waals surface area contributed by atoms with E-state index >= 15 is 0 Å². The molecule has 7 rings (SSSR count). The largest absolute Gasteiger partial charge is 0.496 e. The Bertz CT molecular complexity index is 1950. The zero-order chi connectivity index (χ0) is 36.9. The van der Waals surface area contributed by atoms with Crippen molar-refractivity contribution in [1.29, 1.82) is 0 Å². The molecule has 2 unspecified atom stereocenters. The van der Waals surface area contributed by atoms with E-state index in [1.165, 1.54) is 4.90 Å². The number of rotatable bonds is 7. The first-order valence-electron chi connectivity index (χ1n) is 18.1. The van der Waals surface area contributed by atoms with Crippen LogP contribution < -0.4 is 19.5 Å². The van der Waals surface area contributed by atoms with Gasteiger partial charge in [0.2, 0.25) is 15.9 Å². The van der Waals surface area contributed by atoms with Gasteiger partial charge in [0.05, 0.1) is 30.1 Å². The van der Waals surface area contributed by atoms with Crippen molar-refractivity contribution in [3.05, 3.63) is 41.6 Å². The molecule has 0 spiro atoms. The number of carbonyl (C=O) groups excluding carboxylic acids is 3. The van der Waals surface area contributed by atoms with Crippen LogP contribution in [0.2, 0.25) is 0 Å². The summed E-state index contributed by atoms with van der Waals surface area (Å²) in [5.74, 6) is -0.331. The lowest BCUT2D eigenvalue weighted by molar-refractivity contribution is -0.147. The molecule has 280 valence electrons. The number of aryl methyl sites for hydroxylation is 1. The number of nitrogens with one attached hydrogen (secondary N) is 2. The number of benzene rings is 1. The Hall–Kier alpha value is -4.24. The van der Waals surface area contributed by atoms with Gasteiger partial charge in [-0.3, -0.25) is 19.1 Å². The highest BCUT2D eigenvalue weighted by Gasteiger charge is 2.62. The third kappa shape index (κ3) is 6.96. The van der Waals surface area contributed by atoms with Crippen molar-refractivity contribution in [1.82, 2.24) is 19.9 Å². The van der Waals surface area contributed by atoms with Crippen LogP contribution in [-0.2, 0) is 33.9 Å². The summed E-state index contributed by atoms with van der Waals surface area (Å²) in [6, 6.07) is 4.18. The normalized spacial score (nSPS) is 31.6. The first kappa shape index (κ1) is 36.1. The molecule has 3 aliphatic heterocycles. The standard InChI is InChI=1S/C37H47N5O9S/c1-20-30(48-5)14-13-27-31(17-28(39-32(20)27)33-21(2)50-23(4)38-33)51-25-16-29-34(43)40-37(36(45)41-52(46,47)26-11-12-26)18-24(37)10-8-6-7-9-15-49-22(3)35(44)42(29)19-25/h8,10,13-14,17,21-22,24-26,29,33H,6-7,9,11-12,15-16,18-19H2,1-5H3,(H,40,43)(H,41,45)/b10-8-/t21?,22-,24-,25-,29+,33?,37-/m1/s1. The summed E-state index contributed by atoms with van der Waals surface area (Å²) in [5.41, 5.74) is 0.689. The minimum absolute atomic E-state index is 0.0810. The van der Waals surface area contributed by atoms with Gasteiger partial charge < -0.3 is 29.2 Å². The Kier molecular flexibility index (Phi) is 9.70. The van der Waals surface area contributed by atoms with Crippen LogP contribution in [0.3, 0.4) is 0 Å². The number of fused-ring (bicyclic) bond motifs is 3. The first-order valence-corrected chi connectivity index (χ1v) is 19.7. The second-order valence-corrected chi connectivity index (χ2v) is 16.6. The van der Waals surface area contributed by atoms with Crippen molar-refractivity contribution < 1.29 is 41.7 Å². The molecule has 1 aromatic carbocycles. The van der Waals surface area contributed by atoms with Crippen LogP contribution in [0, 0.1) is 12.8 Å². The summed E-state index contributed by atoms with van der Waals surface area (Å²) in [6.07, 6.45) is 5.75. The van der Waals surface area contributed by atoms with Crippen LogP contribution in [0.1, 0.15) is 83.0 Å². The lowest BCUT2D eigenvalue weighted by atomic mass is 10.0. The second kappa shape index (κ2) is 14.0. The van der Waals surface area contributed by atoms with Crippen LogP contribution in [0.25, 0.3) is 10.9 Å². The van der Waals surface area contributed by atoms with Crippen LogP contribution in [0.5, 0.6) is 11.5 Å². The lowest BCUT2D eigenvalue weighted by Crippen LogP contribution is -2.57. The number of hydrogen-bond donors (Lipinski definition) is 2. The van der Waals surface area contributed by atoms with E-state index in [0.29, 0.717) is 48.1 Å². The number of amides is 3. The van der Waals surface area contributed by atoms with Gasteiger partial charge in [-0.25, -0.2) is 18.4 Å². The maximum atomic E-state index is 14.3. The number of nitrogens with zero attached hydrogens (tertiary/aromatic N) is 3. The Morgan fingerprint density at radius 2 is 1.92 bits per heavy atom. The average Bonchev–Trinajstić information content (AvgIpc) is 4.01. The number of pyridine rings is 1. The molecule has 1 saturated heterocycles. The zero-order valence-electron chi connectivity index (χ0n) is 30.2. The highest BCUT2D eigenvalue weighted by atomic mass is 32.2. The Morgan fingerprint density at radius 3 is 2.63 bits per heavy atom. The van der Waals surface area contributed by atoms with Crippen molar-refractivity contribution in [3.63, 3.8) is 0 Å². The molecule has 3 fully saturated rings. The number of ether oxygens (including phenoxy) is 4. The number of aliphatic imine (C=N–C) groups is 1. The van der Waals surface area contributed by atoms with Gasteiger partial charge in [-0.1, -0.05) is 12.2 Å². The van der Waals surface area contributed by atoms with E-state index in [2.05, 4.69) is 15.0 Å². The van der Waals surface area contributed by atoms with Gasteiger partial charge in [0, 0.05) is 42.9 Å². The summed E-state index contributed by atoms with van der Waals surface area (Å²) in [6.45, 7) is 7.78. The van der Waals surface area contributed by atoms with Crippen LogP contribution in [-0.4, -0.2) is 97.3 Å². The van der Waals surface area contributed by atoms with Gasteiger partial charge in [-0.05, 0) is 71.4 Å². The molecule has 3 amide bonds. The Labute approximate surface area is 303 Å². The fourth-order valence-electron chi connectivity index (χ4n) is 7.55. The monoisotopic (exact) mass is 737 g/mol. The fraction of sp³-hybridized carbons (Fsp3) is 0.595. The van der Waals surface area contributed by atoms with Gasteiger partial charge in [0.15, 0.2) is 5.90 Å². The lowest BCUT2D eigenvalue weighted by Gasteiger charge is -2.28. The number of sulfonamides is 1. The molecule has 2 saturated carbocycles. The third-order valence-corrected chi connectivity index (χ3v) is 12.6.